The SMILES string of the molecule is COCCCNCCN(C)C(C)Cc1ccccc1OC. The van der Waals surface area contributed by atoms with Crippen LogP contribution in [-0.4, -0.2) is 58.5 Å². The molecule has 0 aliphatic carbocycles. The predicted octanol–water partition coefficient (Wildman–Crippen LogP) is 2.18. The molecule has 120 valence electrons. The van der Waals surface area contributed by atoms with Crippen LogP contribution in [-0.2, 0) is 11.2 Å². The van der Waals surface area contributed by atoms with E-state index in [9.17, 15) is 0 Å². The van der Waals surface area contributed by atoms with E-state index in [1.54, 1.807) is 14.2 Å². The third kappa shape index (κ3) is 6.93. The maximum atomic E-state index is 5.42. The number of benzene rings is 1. The van der Waals surface area contributed by atoms with Gasteiger partial charge in [0.25, 0.3) is 0 Å². The predicted molar refractivity (Wildman–Crippen MR) is 88.2 cm³/mol. The molecule has 0 bridgehead atoms. The summed E-state index contributed by atoms with van der Waals surface area (Å²) in [5.41, 5.74) is 1.27. The van der Waals surface area contributed by atoms with E-state index in [1.165, 1.54) is 5.56 Å². The minimum atomic E-state index is 0.488. The number of nitrogens with one attached hydrogen (secondary N) is 1. The Hall–Kier alpha value is -1.10. The van der Waals surface area contributed by atoms with Crippen molar-refractivity contribution in [3.05, 3.63) is 29.8 Å². The molecule has 0 spiro atoms. The highest BCUT2D eigenvalue weighted by Crippen LogP contribution is 2.19. The first-order valence-corrected chi connectivity index (χ1v) is 7.70. The third-order valence-electron chi connectivity index (χ3n) is 3.80. The van der Waals surface area contributed by atoms with E-state index in [4.69, 9.17) is 9.47 Å². The van der Waals surface area contributed by atoms with Crippen LogP contribution in [0.3, 0.4) is 0 Å². The van der Waals surface area contributed by atoms with Crippen LogP contribution in [0.25, 0.3) is 0 Å². The quantitative estimate of drug-likeness (QED) is 0.634. The molecule has 1 unspecified atom stereocenters. The van der Waals surface area contributed by atoms with Crippen molar-refractivity contribution in [1.82, 2.24) is 10.2 Å². The lowest BCUT2D eigenvalue weighted by molar-refractivity contribution is 0.193. The smallest absolute Gasteiger partial charge is 0.122 e. The van der Waals surface area contributed by atoms with Gasteiger partial charge in [-0.2, -0.15) is 0 Å². The first kappa shape index (κ1) is 18.0. The van der Waals surface area contributed by atoms with Crippen molar-refractivity contribution in [2.75, 3.05) is 47.5 Å². The van der Waals surface area contributed by atoms with Crippen molar-refractivity contribution >= 4 is 0 Å². The summed E-state index contributed by atoms with van der Waals surface area (Å²) in [5, 5.41) is 3.45. The summed E-state index contributed by atoms with van der Waals surface area (Å²) >= 11 is 0. The van der Waals surface area contributed by atoms with Crippen molar-refractivity contribution < 1.29 is 9.47 Å². The summed E-state index contributed by atoms with van der Waals surface area (Å²) in [6.07, 6.45) is 2.07. The number of para-hydroxylation sites is 1. The van der Waals surface area contributed by atoms with Gasteiger partial charge in [-0.3, -0.25) is 0 Å². The molecule has 0 saturated heterocycles. The summed E-state index contributed by atoms with van der Waals surface area (Å²) < 4.78 is 10.5. The van der Waals surface area contributed by atoms with Gasteiger partial charge in [-0.1, -0.05) is 18.2 Å². The molecule has 0 aromatic heterocycles. The lowest BCUT2D eigenvalue weighted by Crippen LogP contribution is -2.36. The van der Waals surface area contributed by atoms with E-state index in [-0.39, 0.29) is 0 Å². The van der Waals surface area contributed by atoms with Gasteiger partial charge in [-0.15, -0.1) is 0 Å². The number of hydrogen-bond donors (Lipinski definition) is 1. The Morgan fingerprint density at radius 1 is 1.19 bits per heavy atom. The Labute approximate surface area is 129 Å². The number of nitrogens with zero attached hydrogens (tertiary/aromatic N) is 1. The monoisotopic (exact) mass is 294 g/mol. The number of rotatable bonds is 11. The summed E-state index contributed by atoms with van der Waals surface area (Å²) in [5.74, 6) is 0.982. The Morgan fingerprint density at radius 3 is 2.67 bits per heavy atom. The highest BCUT2D eigenvalue weighted by molar-refractivity contribution is 5.33. The zero-order chi connectivity index (χ0) is 15.5. The fourth-order valence-corrected chi connectivity index (χ4v) is 2.29. The molecular formula is C17H30N2O2. The van der Waals surface area contributed by atoms with Crippen LogP contribution in [0, 0.1) is 0 Å². The van der Waals surface area contributed by atoms with Crippen LogP contribution >= 0.6 is 0 Å². The van der Waals surface area contributed by atoms with Gasteiger partial charge in [0.05, 0.1) is 7.11 Å². The van der Waals surface area contributed by atoms with Crippen molar-refractivity contribution in [1.29, 1.82) is 0 Å². The topological polar surface area (TPSA) is 33.7 Å². The highest BCUT2D eigenvalue weighted by atomic mass is 16.5. The van der Waals surface area contributed by atoms with Crippen LogP contribution in [0.2, 0.25) is 0 Å². The average molecular weight is 294 g/mol. The van der Waals surface area contributed by atoms with Crippen molar-refractivity contribution in [2.45, 2.75) is 25.8 Å². The van der Waals surface area contributed by atoms with Crippen LogP contribution in [0.1, 0.15) is 18.9 Å². The maximum absolute atomic E-state index is 5.42. The summed E-state index contributed by atoms with van der Waals surface area (Å²) in [7, 11) is 5.65. The Morgan fingerprint density at radius 2 is 1.95 bits per heavy atom. The van der Waals surface area contributed by atoms with Gasteiger partial charge < -0.3 is 19.7 Å². The Balaban J connectivity index is 2.29. The van der Waals surface area contributed by atoms with Gasteiger partial charge in [-0.05, 0) is 45.0 Å². The van der Waals surface area contributed by atoms with E-state index in [1.807, 2.05) is 12.1 Å². The second-order valence-corrected chi connectivity index (χ2v) is 5.44. The van der Waals surface area contributed by atoms with E-state index < -0.39 is 0 Å². The zero-order valence-electron chi connectivity index (χ0n) is 13.9. The van der Waals surface area contributed by atoms with E-state index in [2.05, 4.69) is 36.3 Å². The molecule has 0 aliphatic rings. The summed E-state index contributed by atoms with van der Waals surface area (Å²) in [6.45, 7) is 6.16. The first-order chi connectivity index (χ1) is 10.2. The number of likely N-dealkylation sites (N-methyl/N-ethyl adjacent to an activating group) is 1. The lowest BCUT2D eigenvalue weighted by atomic mass is 10.1. The first-order valence-electron chi connectivity index (χ1n) is 7.70. The number of hydrogen-bond acceptors (Lipinski definition) is 4. The van der Waals surface area contributed by atoms with E-state index >= 15 is 0 Å². The molecule has 1 rings (SSSR count). The molecule has 21 heavy (non-hydrogen) atoms. The van der Waals surface area contributed by atoms with Gasteiger partial charge in [0.15, 0.2) is 0 Å². The van der Waals surface area contributed by atoms with Crippen molar-refractivity contribution in [2.24, 2.45) is 0 Å². The second kappa shape index (κ2) is 10.6. The highest BCUT2D eigenvalue weighted by Gasteiger charge is 2.12. The van der Waals surface area contributed by atoms with Crippen LogP contribution in [0.5, 0.6) is 5.75 Å². The standard InChI is InChI=1S/C17H30N2O2/c1-15(14-16-8-5-6-9-17(16)21-4)19(2)12-11-18-10-7-13-20-3/h5-6,8-9,15,18H,7,10-14H2,1-4H3. The summed E-state index contributed by atoms with van der Waals surface area (Å²) in [4.78, 5) is 2.38. The van der Waals surface area contributed by atoms with Crippen molar-refractivity contribution in [3.8, 4) is 5.75 Å². The Kier molecular flexibility index (Phi) is 9.06. The van der Waals surface area contributed by atoms with Gasteiger partial charge in [0.2, 0.25) is 0 Å². The minimum absolute atomic E-state index is 0.488. The largest absolute Gasteiger partial charge is 0.496 e. The summed E-state index contributed by atoms with van der Waals surface area (Å²) in [6, 6.07) is 8.75. The molecule has 4 nitrogen and oxygen atoms in total. The molecule has 1 aromatic rings. The molecule has 1 N–H and O–H groups in total. The van der Waals surface area contributed by atoms with Gasteiger partial charge >= 0.3 is 0 Å². The molecule has 0 saturated carbocycles. The van der Waals surface area contributed by atoms with Crippen LogP contribution in [0.4, 0.5) is 0 Å². The van der Waals surface area contributed by atoms with E-state index in [0.29, 0.717) is 6.04 Å². The molecular weight excluding hydrogens is 264 g/mol. The van der Waals surface area contributed by atoms with Crippen molar-refractivity contribution in [3.63, 3.8) is 0 Å². The van der Waals surface area contributed by atoms with E-state index in [0.717, 1.165) is 44.8 Å². The minimum Gasteiger partial charge on any atom is -0.496 e. The molecule has 1 aromatic carbocycles. The zero-order valence-corrected chi connectivity index (χ0v) is 13.9. The molecule has 0 fully saturated rings. The van der Waals surface area contributed by atoms with Crippen LogP contribution in [0.15, 0.2) is 24.3 Å². The molecule has 0 heterocycles. The normalized spacial score (nSPS) is 12.6. The molecule has 0 radical (unpaired) electrons. The molecule has 0 aliphatic heterocycles. The average Bonchev–Trinajstić information content (AvgIpc) is 2.51. The fraction of sp³-hybridized carbons (Fsp3) is 0.647. The fourth-order valence-electron chi connectivity index (χ4n) is 2.29. The van der Waals surface area contributed by atoms with Gasteiger partial charge in [-0.25, -0.2) is 0 Å². The Bertz CT molecular complexity index is 385. The van der Waals surface area contributed by atoms with Crippen LogP contribution < -0.4 is 10.1 Å². The van der Waals surface area contributed by atoms with Gasteiger partial charge in [0, 0.05) is 32.8 Å². The number of ether oxygens (including phenoxy) is 2. The molecule has 4 heteroatoms. The second-order valence-electron chi connectivity index (χ2n) is 5.44. The van der Waals surface area contributed by atoms with Gasteiger partial charge in [0.1, 0.15) is 5.75 Å². The maximum Gasteiger partial charge on any atom is 0.122 e. The molecule has 1 atom stereocenters. The number of methoxy groups -OCH3 is 2. The molecule has 0 amide bonds. The lowest BCUT2D eigenvalue weighted by Gasteiger charge is -2.25. The third-order valence-corrected chi connectivity index (χ3v) is 3.80.